The molecule has 1 aliphatic heterocycles. The minimum absolute atomic E-state index is 0.0122. The van der Waals surface area contributed by atoms with Gasteiger partial charge in [-0.05, 0) is 24.3 Å². The van der Waals surface area contributed by atoms with Gasteiger partial charge in [0.1, 0.15) is 12.3 Å². The van der Waals surface area contributed by atoms with Gasteiger partial charge in [0.05, 0.1) is 29.7 Å². The predicted octanol–water partition coefficient (Wildman–Crippen LogP) is 0.111. The third kappa shape index (κ3) is 4.41. The van der Waals surface area contributed by atoms with E-state index in [9.17, 15) is 22.8 Å². The Morgan fingerprint density at radius 3 is 2.30 bits per heavy atom. The number of rotatable bonds is 8. The van der Waals surface area contributed by atoms with E-state index < -0.39 is 34.3 Å². The number of carbonyl (C=O) groups is 3. The number of furan rings is 1. The molecule has 0 aliphatic carbocycles. The molecule has 0 unspecified atom stereocenters. The van der Waals surface area contributed by atoms with Crippen molar-refractivity contribution >= 4 is 27.7 Å². The van der Waals surface area contributed by atoms with Crippen molar-refractivity contribution in [1.29, 1.82) is 0 Å². The highest BCUT2D eigenvalue weighted by atomic mass is 32.2. The number of benzene rings is 1. The van der Waals surface area contributed by atoms with Crippen molar-refractivity contribution < 1.29 is 27.2 Å². The minimum Gasteiger partial charge on any atom is -0.468 e. The van der Waals surface area contributed by atoms with Gasteiger partial charge >= 0.3 is 0 Å². The molecule has 3 amide bonds. The monoisotopic (exact) mass is 391 g/mol. The number of sulfonamides is 1. The molecule has 10 heteroatoms. The zero-order valence-electron chi connectivity index (χ0n) is 14.2. The Labute approximate surface area is 155 Å². The molecule has 1 aromatic heterocycles. The molecular formula is C17H17N3O6S. The van der Waals surface area contributed by atoms with Crippen LogP contribution in [0.5, 0.6) is 0 Å². The average Bonchev–Trinajstić information content (AvgIpc) is 3.24. The smallest absolute Gasteiger partial charge is 0.262 e. The molecule has 0 radical (unpaired) electrons. The lowest BCUT2D eigenvalue weighted by atomic mass is 10.1. The highest BCUT2D eigenvalue weighted by Crippen LogP contribution is 2.21. The van der Waals surface area contributed by atoms with Crippen LogP contribution < -0.4 is 10.0 Å². The molecule has 0 saturated carbocycles. The van der Waals surface area contributed by atoms with E-state index in [-0.39, 0.29) is 30.0 Å². The van der Waals surface area contributed by atoms with E-state index in [0.29, 0.717) is 5.76 Å². The molecule has 1 aliphatic rings. The number of amides is 3. The zero-order chi connectivity index (χ0) is 19.4. The number of imide groups is 1. The number of carbonyl (C=O) groups excluding carboxylic acids is 3. The Morgan fingerprint density at radius 2 is 1.70 bits per heavy atom. The maximum atomic E-state index is 12.2. The van der Waals surface area contributed by atoms with Crippen molar-refractivity contribution in [2.75, 3.05) is 18.8 Å². The van der Waals surface area contributed by atoms with Gasteiger partial charge in [0, 0.05) is 6.54 Å². The van der Waals surface area contributed by atoms with E-state index >= 15 is 0 Å². The summed E-state index contributed by atoms with van der Waals surface area (Å²) in [6.07, 6.45) is 1.43. The minimum atomic E-state index is -3.62. The molecule has 2 heterocycles. The van der Waals surface area contributed by atoms with Gasteiger partial charge in [0.15, 0.2) is 0 Å². The van der Waals surface area contributed by atoms with Gasteiger partial charge < -0.3 is 9.73 Å². The van der Waals surface area contributed by atoms with Gasteiger partial charge in [0.2, 0.25) is 15.9 Å². The van der Waals surface area contributed by atoms with Crippen molar-refractivity contribution in [1.82, 2.24) is 14.9 Å². The summed E-state index contributed by atoms with van der Waals surface area (Å²) in [5, 5.41) is 2.40. The van der Waals surface area contributed by atoms with Crippen molar-refractivity contribution in [2.45, 2.75) is 6.54 Å². The number of nitrogens with zero attached hydrogens (tertiary/aromatic N) is 1. The molecular weight excluding hydrogens is 374 g/mol. The van der Waals surface area contributed by atoms with Gasteiger partial charge in [-0.2, -0.15) is 0 Å². The number of hydrogen-bond donors (Lipinski definition) is 2. The SMILES string of the molecule is O=C(CN1C(=O)c2ccccc2C1=O)NCCS(=O)(=O)NCc1ccco1. The summed E-state index contributed by atoms with van der Waals surface area (Å²) >= 11 is 0. The fraction of sp³-hybridized carbons (Fsp3) is 0.235. The fourth-order valence-electron chi connectivity index (χ4n) is 2.57. The first-order valence-corrected chi connectivity index (χ1v) is 9.74. The normalized spacial score (nSPS) is 13.7. The summed E-state index contributed by atoms with van der Waals surface area (Å²) in [7, 11) is -3.62. The summed E-state index contributed by atoms with van der Waals surface area (Å²) in [5.41, 5.74) is 0.500. The molecule has 27 heavy (non-hydrogen) atoms. The Balaban J connectivity index is 1.46. The quantitative estimate of drug-likeness (QED) is 0.615. The van der Waals surface area contributed by atoms with Crippen LogP contribution >= 0.6 is 0 Å². The van der Waals surface area contributed by atoms with Crippen LogP contribution in [0.2, 0.25) is 0 Å². The Bertz CT molecular complexity index is 933. The molecule has 0 bridgehead atoms. The van der Waals surface area contributed by atoms with Crippen molar-refractivity contribution in [3.63, 3.8) is 0 Å². The molecule has 0 fully saturated rings. The third-order valence-electron chi connectivity index (χ3n) is 3.92. The Hall–Kier alpha value is -2.98. The molecule has 0 atom stereocenters. The van der Waals surface area contributed by atoms with Crippen LogP contribution in [-0.4, -0.2) is 49.9 Å². The van der Waals surface area contributed by atoms with Crippen LogP contribution in [0.25, 0.3) is 0 Å². The lowest BCUT2D eigenvalue weighted by Crippen LogP contribution is -2.42. The van der Waals surface area contributed by atoms with Crippen molar-refractivity contribution in [3.05, 3.63) is 59.5 Å². The molecule has 3 rings (SSSR count). The average molecular weight is 391 g/mol. The summed E-state index contributed by atoms with van der Waals surface area (Å²) < 4.78 is 31.1. The van der Waals surface area contributed by atoms with E-state index in [0.717, 1.165) is 4.90 Å². The summed E-state index contributed by atoms with van der Waals surface area (Å²) in [4.78, 5) is 37.2. The van der Waals surface area contributed by atoms with E-state index in [1.54, 1.807) is 24.3 Å². The molecule has 1 aromatic carbocycles. The van der Waals surface area contributed by atoms with E-state index in [2.05, 4.69) is 10.0 Å². The summed E-state index contributed by atoms with van der Waals surface area (Å²) in [6.45, 7) is -0.611. The van der Waals surface area contributed by atoms with E-state index in [1.807, 2.05) is 0 Å². The molecule has 9 nitrogen and oxygen atoms in total. The van der Waals surface area contributed by atoms with Gasteiger partial charge in [-0.15, -0.1) is 0 Å². The predicted molar refractivity (Wildman–Crippen MR) is 94.2 cm³/mol. The summed E-state index contributed by atoms with van der Waals surface area (Å²) in [5.74, 6) is -1.59. The van der Waals surface area contributed by atoms with Gasteiger partial charge in [-0.3, -0.25) is 19.3 Å². The molecule has 0 spiro atoms. The standard InChI is InChI=1S/C17H17N3O6S/c21-15(11-20-16(22)13-5-1-2-6-14(13)17(20)23)18-7-9-27(24,25)19-10-12-4-3-8-26-12/h1-6,8,19H,7,9-11H2,(H,18,21). The van der Waals surface area contributed by atoms with Crippen LogP contribution in [0.1, 0.15) is 26.5 Å². The lowest BCUT2D eigenvalue weighted by Gasteiger charge is -2.13. The second-order valence-electron chi connectivity index (χ2n) is 5.81. The second-order valence-corrected chi connectivity index (χ2v) is 7.74. The first-order valence-electron chi connectivity index (χ1n) is 8.09. The third-order valence-corrected chi connectivity index (χ3v) is 5.25. The van der Waals surface area contributed by atoms with Gasteiger partial charge in [-0.1, -0.05) is 12.1 Å². The fourth-order valence-corrected chi connectivity index (χ4v) is 3.45. The lowest BCUT2D eigenvalue weighted by molar-refractivity contribution is -0.121. The first-order chi connectivity index (χ1) is 12.9. The maximum Gasteiger partial charge on any atom is 0.262 e. The number of hydrogen-bond acceptors (Lipinski definition) is 6. The summed E-state index contributed by atoms with van der Waals surface area (Å²) in [6, 6.07) is 9.58. The van der Waals surface area contributed by atoms with Gasteiger partial charge in [-0.25, -0.2) is 13.1 Å². The largest absolute Gasteiger partial charge is 0.468 e. The van der Waals surface area contributed by atoms with E-state index in [1.165, 1.54) is 18.4 Å². The Kier molecular flexibility index (Phi) is 5.38. The van der Waals surface area contributed by atoms with Crippen LogP contribution in [0.3, 0.4) is 0 Å². The number of nitrogens with one attached hydrogen (secondary N) is 2. The van der Waals surface area contributed by atoms with Crippen LogP contribution in [0.4, 0.5) is 0 Å². The van der Waals surface area contributed by atoms with E-state index in [4.69, 9.17) is 4.42 Å². The first kappa shape index (κ1) is 18.8. The van der Waals surface area contributed by atoms with Crippen molar-refractivity contribution in [3.8, 4) is 0 Å². The second kappa shape index (κ2) is 7.72. The molecule has 2 N–H and O–H groups in total. The topological polar surface area (TPSA) is 126 Å². The molecule has 142 valence electrons. The van der Waals surface area contributed by atoms with Crippen LogP contribution in [0.15, 0.2) is 47.1 Å². The number of fused-ring (bicyclic) bond motifs is 1. The highest BCUT2D eigenvalue weighted by molar-refractivity contribution is 7.89. The maximum absolute atomic E-state index is 12.2. The molecule has 0 saturated heterocycles. The van der Waals surface area contributed by atoms with Crippen molar-refractivity contribution in [2.24, 2.45) is 0 Å². The Morgan fingerprint density at radius 1 is 1.04 bits per heavy atom. The van der Waals surface area contributed by atoms with Crippen LogP contribution in [-0.2, 0) is 21.4 Å². The highest BCUT2D eigenvalue weighted by Gasteiger charge is 2.36. The zero-order valence-corrected chi connectivity index (χ0v) is 15.0. The molecule has 2 aromatic rings. The van der Waals surface area contributed by atoms with Crippen LogP contribution in [0, 0.1) is 0 Å². The van der Waals surface area contributed by atoms with Gasteiger partial charge in [0.25, 0.3) is 11.8 Å².